The molecule has 1 heterocycles. The van der Waals surface area contributed by atoms with Crippen LogP contribution in [0.3, 0.4) is 0 Å². The van der Waals surface area contributed by atoms with Crippen LogP contribution < -0.4 is 10.2 Å². The summed E-state index contributed by atoms with van der Waals surface area (Å²) >= 11 is 0. The van der Waals surface area contributed by atoms with Gasteiger partial charge in [0, 0.05) is 25.2 Å². The van der Waals surface area contributed by atoms with Crippen molar-refractivity contribution in [2.24, 2.45) is 0 Å². The molecule has 1 amide bonds. The van der Waals surface area contributed by atoms with Crippen LogP contribution in [0.1, 0.15) is 37.5 Å². The van der Waals surface area contributed by atoms with E-state index in [9.17, 15) is 9.90 Å². The van der Waals surface area contributed by atoms with Crippen LogP contribution in [0.2, 0.25) is 0 Å². The number of carbonyl (C=O) groups is 1. The van der Waals surface area contributed by atoms with E-state index in [1.807, 2.05) is 32.2 Å². The van der Waals surface area contributed by atoms with Crippen LogP contribution in [0.5, 0.6) is 0 Å². The molecule has 104 valence electrons. The minimum absolute atomic E-state index is 0.0209. The molecule has 0 aliphatic carbocycles. The minimum atomic E-state index is -0.564. The molecule has 1 aromatic rings. The smallest absolute Gasteiger partial charge is 0.223 e. The topological polar surface area (TPSA) is 52.6 Å². The summed E-state index contributed by atoms with van der Waals surface area (Å²) in [5.41, 5.74) is 3.00. The van der Waals surface area contributed by atoms with Gasteiger partial charge in [0.1, 0.15) is 0 Å². The molecule has 0 radical (unpaired) electrons. The van der Waals surface area contributed by atoms with Crippen LogP contribution in [0.4, 0.5) is 5.69 Å². The van der Waals surface area contributed by atoms with E-state index in [0.29, 0.717) is 0 Å². The predicted octanol–water partition coefficient (Wildman–Crippen LogP) is 1.63. The Morgan fingerprint density at radius 3 is 2.84 bits per heavy atom. The third-order valence-corrected chi connectivity index (χ3v) is 3.88. The van der Waals surface area contributed by atoms with Gasteiger partial charge >= 0.3 is 0 Å². The van der Waals surface area contributed by atoms with Crippen molar-refractivity contribution in [3.05, 3.63) is 29.3 Å². The van der Waals surface area contributed by atoms with E-state index < -0.39 is 6.10 Å². The summed E-state index contributed by atoms with van der Waals surface area (Å²) in [5.74, 6) is 0.0641. The number of likely N-dealkylation sites (N-methyl/N-ethyl adjacent to an activating group) is 1. The van der Waals surface area contributed by atoms with Crippen molar-refractivity contribution in [2.45, 2.75) is 38.8 Å². The van der Waals surface area contributed by atoms with Gasteiger partial charge in [0.05, 0.1) is 6.10 Å². The maximum atomic E-state index is 11.7. The fraction of sp³-hybridized carbons (Fsp3) is 0.533. The maximum absolute atomic E-state index is 11.7. The quantitative estimate of drug-likeness (QED) is 0.870. The van der Waals surface area contributed by atoms with Gasteiger partial charge < -0.3 is 15.3 Å². The lowest BCUT2D eigenvalue weighted by molar-refractivity contribution is -0.116. The molecule has 4 nitrogen and oxygen atoms in total. The van der Waals surface area contributed by atoms with Crippen LogP contribution in [0.15, 0.2) is 18.2 Å². The fourth-order valence-electron chi connectivity index (χ4n) is 2.55. The zero-order valence-corrected chi connectivity index (χ0v) is 11.8. The van der Waals surface area contributed by atoms with E-state index in [0.717, 1.165) is 30.6 Å². The molecule has 2 atom stereocenters. The lowest BCUT2D eigenvalue weighted by Gasteiger charge is -2.30. The van der Waals surface area contributed by atoms with Crippen LogP contribution in [-0.4, -0.2) is 30.6 Å². The van der Waals surface area contributed by atoms with E-state index >= 15 is 0 Å². The Morgan fingerprint density at radius 1 is 1.47 bits per heavy atom. The highest BCUT2D eigenvalue weighted by molar-refractivity contribution is 5.92. The summed E-state index contributed by atoms with van der Waals surface area (Å²) < 4.78 is 0. The Balaban J connectivity index is 2.35. The molecule has 0 saturated heterocycles. The first-order valence-electron chi connectivity index (χ1n) is 6.81. The number of aliphatic hydroxyl groups excluding tert-OH is 1. The van der Waals surface area contributed by atoms with E-state index in [-0.39, 0.29) is 11.9 Å². The fourth-order valence-corrected chi connectivity index (χ4v) is 2.55. The molecule has 0 fully saturated rings. The average molecular weight is 262 g/mol. The first-order chi connectivity index (χ1) is 9.04. The number of aryl methyl sites for hydroxylation is 1. The van der Waals surface area contributed by atoms with Crippen LogP contribution >= 0.6 is 0 Å². The number of carbonyl (C=O) groups excluding carboxylic acids is 1. The lowest BCUT2D eigenvalue weighted by Crippen LogP contribution is -2.34. The van der Waals surface area contributed by atoms with Gasteiger partial charge in [-0.3, -0.25) is 4.79 Å². The molecule has 4 heteroatoms. The van der Waals surface area contributed by atoms with Gasteiger partial charge in [0.25, 0.3) is 0 Å². The first kappa shape index (κ1) is 14.0. The summed E-state index contributed by atoms with van der Waals surface area (Å²) in [4.78, 5) is 13.5. The largest absolute Gasteiger partial charge is 0.387 e. The summed E-state index contributed by atoms with van der Waals surface area (Å²) in [6.45, 7) is 4.30. The van der Waals surface area contributed by atoms with Gasteiger partial charge in [0.15, 0.2) is 0 Å². The number of nitrogens with one attached hydrogen (secondary N) is 1. The molecule has 2 unspecified atom stereocenters. The van der Waals surface area contributed by atoms with Crippen molar-refractivity contribution >= 4 is 11.6 Å². The number of aliphatic hydroxyl groups is 1. The molecular formula is C15H22N2O2. The summed E-state index contributed by atoms with van der Waals surface area (Å²) in [5, 5.41) is 13.3. The Morgan fingerprint density at radius 2 is 2.21 bits per heavy atom. The Hall–Kier alpha value is -1.39. The van der Waals surface area contributed by atoms with Crippen molar-refractivity contribution in [1.82, 2.24) is 5.32 Å². The zero-order valence-electron chi connectivity index (χ0n) is 11.8. The second-order valence-corrected chi connectivity index (χ2v) is 5.18. The number of hydrogen-bond donors (Lipinski definition) is 2. The first-order valence-corrected chi connectivity index (χ1v) is 6.81. The molecule has 2 N–H and O–H groups in total. The van der Waals surface area contributed by atoms with Crippen LogP contribution in [0.25, 0.3) is 0 Å². The Labute approximate surface area is 114 Å². The minimum Gasteiger partial charge on any atom is -0.387 e. The summed E-state index contributed by atoms with van der Waals surface area (Å²) in [6.07, 6.45) is 1.43. The predicted molar refractivity (Wildman–Crippen MR) is 76.3 cm³/mol. The molecule has 1 aromatic carbocycles. The second-order valence-electron chi connectivity index (χ2n) is 5.18. The number of benzene rings is 1. The monoisotopic (exact) mass is 262 g/mol. The maximum Gasteiger partial charge on any atom is 0.223 e. The van der Waals surface area contributed by atoms with E-state index in [2.05, 4.69) is 5.32 Å². The van der Waals surface area contributed by atoms with Crippen molar-refractivity contribution in [2.75, 3.05) is 18.5 Å². The molecule has 1 aliphatic rings. The third kappa shape index (κ3) is 2.80. The molecule has 0 saturated carbocycles. The molecular weight excluding hydrogens is 240 g/mol. The summed E-state index contributed by atoms with van der Waals surface area (Å²) in [7, 11) is 1.83. The van der Waals surface area contributed by atoms with Gasteiger partial charge in [0.2, 0.25) is 5.91 Å². The molecule has 19 heavy (non-hydrogen) atoms. The highest BCUT2D eigenvalue weighted by Crippen LogP contribution is 2.31. The molecule has 0 spiro atoms. The Bertz CT molecular complexity index is 473. The second kappa shape index (κ2) is 5.72. The zero-order chi connectivity index (χ0) is 14.0. The van der Waals surface area contributed by atoms with Crippen molar-refractivity contribution < 1.29 is 9.90 Å². The lowest BCUT2D eigenvalue weighted by atomic mass is 9.96. The number of fused-ring (bicyclic) bond motifs is 1. The highest BCUT2D eigenvalue weighted by Gasteiger charge is 2.22. The van der Waals surface area contributed by atoms with E-state index in [1.54, 1.807) is 11.8 Å². The standard InChI is InChI=1S/C15H22N2O2/c1-10(16-3)15(19)13-7-6-12-5-4-8-17(11(2)18)14(12)9-13/h6-7,9-10,15-16,19H,4-5,8H2,1-3H3. The van der Waals surface area contributed by atoms with Crippen molar-refractivity contribution in [1.29, 1.82) is 0 Å². The van der Waals surface area contributed by atoms with Gasteiger partial charge in [-0.25, -0.2) is 0 Å². The van der Waals surface area contributed by atoms with Crippen LogP contribution in [-0.2, 0) is 11.2 Å². The molecule has 0 aromatic heterocycles. The Kier molecular flexibility index (Phi) is 4.22. The number of rotatable bonds is 3. The third-order valence-electron chi connectivity index (χ3n) is 3.88. The number of nitrogens with zero attached hydrogens (tertiary/aromatic N) is 1. The summed E-state index contributed by atoms with van der Waals surface area (Å²) in [6, 6.07) is 5.92. The van der Waals surface area contributed by atoms with E-state index in [4.69, 9.17) is 0 Å². The van der Waals surface area contributed by atoms with E-state index in [1.165, 1.54) is 5.56 Å². The molecule has 0 bridgehead atoms. The van der Waals surface area contributed by atoms with Gasteiger partial charge in [-0.1, -0.05) is 12.1 Å². The normalized spacial score (nSPS) is 17.8. The SMILES string of the molecule is CNC(C)C(O)c1ccc2c(c1)N(C(C)=O)CCC2. The van der Waals surface area contributed by atoms with Crippen LogP contribution in [0, 0.1) is 0 Å². The number of anilines is 1. The number of amides is 1. The van der Waals surface area contributed by atoms with Gasteiger partial charge in [-0.15, -0.1) is 0 Å². The molecule has 1 aliphatic heterocycles. The van der Waals surface area contributed by atoms with Crippen molar-refractivity contribution in [3.63, 3.8) is 0 Å². The van der Waals surface area contributed by atoms with Crippen molar-refractivity contribution in [3.8, 4) is 0 Å². The highest BCUT2D eigenvalue weighted by atomic mass is 16.3. The van der Waals surface area contributed by atoms with Gasteiger partial charge in [-0.05, 0) is 44.0 Å². The van der Waals surface area contributed by atoms with Gasteiger partial charge in [-0.2, -0.15) is 0 Å². The number of hydrogen-bond acceptors (Lipinski definition) is 3. The average Bonchev–Trinajstić information content (AvgIpc) is 2.44. The molecule has 2 rings (SSSR count).